The smallest absolute Gasteiger partial charge is 0.348 e. The number of carbonyl (C=O) groups is 4. The lowest BCUT2D eigenvalue weighted by Gasteiger charge is -2.13. The van der Waals surface area contributed by atoms with Gasteiger partial charge in [-0.2, -0.15) is 4.79 Å². The van der Waals surface area contributed by atoms with Gasteiger partial charge in [-0.25, -0.2) is 27.3 Å². The van der Waals surface area contributed by atoms with Gasteiger partial charge in [0.1, 0.15) is 33.0 Å². The Labute approximate surface area is 302 Å². The second-order valence-electron chi connectivity index (χ2n) is 9.77. The van der Waals surface area contributed by atoms with E-state index in [9.17, 15) is 36.7 Å². The number of halogens is 4. The fourth-order valence-corrected chi connectivity index (χ4v) is 7.79. The number of ketones is 1. The van der Waals surface area contributed by atoms with E-state index >= 15 is 0 Å². The van der Waals surface area contributed by atoms with Gasteiger partial charge < -0.3 is 15.7 Å². The maximum atomic E-state index is 13.4. The largest absolute Gasteiger partial charge is 0.481 e. The molecule has 1 amide bonds. The molecule has 0 saturated heterocycles. The normalized spacial score (nSPS) is 11.2. The molecule has 5 aromatic rings. The molecule has 0 aromatic carbocycles. The Morgan fingerprint density at radius 3 is 1.78 bits per heavy atom. The zero-order chi connectivity index (χ0) is 36.8. The molecule has 2 N–H and O–H groups in total. The van der Waals surface area contributed by atoms with Crippen molar-refractivity contribution in [2.75, 3.05) is 11.9 Å². The van der Waals surface area contributed by atoms with Gasteiger partial charge in [0.05, 0.1) is 23.4 Å². The summed E-state index contributed by atoms with van der Waals surface area (Å²) in [5.74, 6) is -4.91. The highest BCUT2D eigenvalue weighted by Crippen LogP contribution is 2.31. The third-order valence-electron chi connectivity index (χ3n) is 6.33. The van der Waals surface area contributed by atoms with Crippen LogP contribution in [-0.2, 0) is 35.3 Å². The third kappa shape index (κ3) is 11.9. The molecule has 0 spiro atoms. The highest BCUT2D eigenvalue weighted by molar-refractivity contribution is 7.16. The minimum Gasteiger partial charge on any atom is -0.481 e. The molecule has 0 saturated carbocycles. The van der Waals surface area contributed by atoms with Crippen molar-refractivity contribution in [2.24, 2.45) is 0 Å². The van der Waals surface area contributed by atoms with Crippen LogP contribution in [0.2, 0.25) is 0 Å². The second-order valence-corrected chi connectivity index (χ2v) is 14.7. The molecule has 0 fully saturated rings. The Morgan fingerprint density at radius 1 is 0.820 bits per heavy atom. The first-order chi connectivity index (χ1) is 23.8. The molecule has 6 rings (SSSR count). The van der Waals surface area contributed by atoms with Crippen LogP contribution in [0.4, 0.5) is 22.7 Å². The lowest BCUT2D eigenvalue weighted by Crippen LogP contribution is -2.27. The van der Waals surface area contributed by atoms with E-state index in [1.165, 1.54) is 63.4 Å². The van der Waals surface area contributed by atoms with Gasteiger partial charge in [0, 0.05) is 16.8 Å². The monoisotopic (exact) mass is 786 g/mol. The van der Waals surface area contributed by atoms with Crippen molar-refractivity contribution in [3.05, 3.63) is 105 Å². The number of aliphatic carboxylic acids is 1. The average Bonchev–Trinajstić information content (AvgIpc) is 3.92. The quantitative estimate of drug-likeness (QED) is 0.0532. The fourth-order valence-electron chi connectivity index (χ4n) is 3.91. The number of anilines is 1. The van der Waals surface area contributed by atoms with E-state index in [1.54, 1.807) is 28.7 Å². The number of nitrogens with zero attached hydrogens (tertiary/aromatic N) is 4. The zero-order valence-corrected chi connectivity index (χ0v) is 29.9. The van der Waals surface area contributed by atoms with Crippen molar-refractivity contribution < 1.29 is 51.7 Å². The van der Waals surface area contributed by atoms with Crippen molar-refractivity contribution in [1.82, 2.24) is 4.98 Å². The van der Waals surface area contributed by atoms with Crippen molar-refractivity contribution in [1.29, 1.82) is 0 Å². The number of Topliss-reactive ketones (excluding diaryl/α,β-unsaturated/α-hetero) is 1. The number of hydrogen-bond acceptors (Lipinski definition) is 10. The van der Waals surface area contributed by atoms with Crippen LogP contribution in [0.25, 0.3) is 5.53 Å². The molecule has 5 heterocycles. The highest BCUT2D eigenvalue weighted by atomic mass is 32.1. The first-order valence-corrected chi connectivity index (χ1v) is 18.5. The van der Waals surface area contributed by atoms with Crippen LogP contribution in [0.3, 0.4) is 0 Å². The lowest BCUT2D eigenvalue weighted by molar-refractivity contribution is -0.136. The number of rotatable bonds is 8. The van der Waals surface area contributed by atoms with Gasteiger partial charge in [-0.05, 0) is 71.5 Å². The van der Waals surface area contributed by atoms with Crippen LogP contribution >= 0.6 is 56.7 Å². The van der Waals surface area contributed by atoms with Gasteiger partial charge in [0.15, 0.2) is 5.13 Å². The Morgan fingerprint density at radius 2 is 1.34 bits per heavy atom. The number of hydrogen-bond donors (Lipinski definition) is 2. The lowest BCUT2D eigenvalue weighted by atomic mass is 10.0. The number of fused-ring (bicyclic) bond motifs is 1. The van der Waals surface area contributed by atoms with Crippen LogP contribution in [0.15, 0.2) is 45.8 Å². The van der Waals surface area contributed by atoms with E-state index < -0.39 is 35.2 Å². The number of thiophene rings is 4. The topological polar surface area (TPSA) is 161 Å². The van der Waals surface area contributed by atoms with Crippen molar-refractivity contribution in [3.63, 3.8) is 0 Å². The number of aromatic nitrogens is 1. The minimum absolute atomic E-state index is 0.0391. The molecule has 5 aromatic heterocycles. The van der Waals surface area contributed by atoms with E-state index in [2.05, 4.69) is 9.77 Å². The van der Waals surface area contributed by atoms with Gasteiger partial charge in [-0.3, -0.25) is 19.3 Å². The summed E-state index contributed by atoms with van der Waals surface area (Å²) in [4.78, 5) is 53.5. The number of carbonyl (C=O) groups excluding carboxylic acids is 2. The molecule has 0 bridgehead atoms. The Kier molecular flexibility index (Phi) is 15.8. The predicted octanol–water partition coefficient (Wildman–Crippen LogP) is 7.90. The van der Waals surface area contributed by atoms with Crippen molar-refractivity contribution >= 4 is 91.7 Å². The number of thiazole rings is 1. The van der Waals surface area contributed by atoms with Crippen LogP contribution in [-0.4, -0.2) is 56.9 Å². The van der Waals surface area contributed by atoms with Crippen LogP contribution < -0.4 is 4.90 Å². The summed E-state index contributed by atoms with van der Waals surface area (Å²) in [6, 6.07) is 4.98. The second kappa shape index (κ2) is 19.7. The molecule has 19 heteroatoms. The van der Waals surface area contributed by atoms with Gasteiger partial charge in [0.25, 0.3) is 5.78 Å². The van der Waals surface area contributed by atoms with E-state index in [1.807, 2.05) is 0 Å². The molecule has 50 heavy (non-hydrogen) atoms. The molecule has 0 atom stereocenters. The Balaban J connectivity index is 0.000000193. The maximum absolute atomic E-state index is 13.4. The number of aryl methyl sites for hydroxylation is 2. The summed E-state index contributed by atoms with van der Waals surface area (Å²) >= 11 is 5.85. The molecule has 1 aliphatic carbocycles. The minimum atomic E-state index is -1.21. The van der Waals surface area contributed by atoms with Crippen LogP contribution in [0, 0.1) is 23.3 Å². The average molecular weight is 787 g/mol. The zero-order valence-electron chi connectivity index (χ0n) is 25.8. The summed E-state index contributed by atoms with van der Waals surface area (Å²) < 4.78 is 50.6. The van der Waals surface area contributed by atoms with E-state index in [4.69, 9.17) is 15.7 Å². The number of carboxylic acid groups (broad SMARTS) is 2. The van der Waals surface area contributed by atoms with Gasteiger partial charge >= 0.3 is 18.2 Å². The van der Waals surface area contributed by atoms with Crippen molar-refractivity contribution in [2.45, 2.75) is 38.5 Å². The van der Waals surface area contributed by atoms with E-state index in [0.29, 0.717) is 11.1 Å². The SMILES string of the molecule is CN(C(=O)Cc1sccc1F)c1nc2c(s1)CCCC2.O=C(O)Cc1sccc1F.O=C(O)c1sccc1F.[N-]=[N+]=CC(=O)c1sccc1F. The molecule has 264 valence electrons. The van der Waals surface area contributed by atoms with Gasteiger partial charge in [0.2, 0.25) is 5.91 Å². The molecule has 0 aliphatic heterocycles. The summed E-state index contributed by atoms with van der Waals surface area (Å²) in [7, 11) is 1.72. The molecule has 10 nitrogen and oxygen atoms in total. The number of carboxylic acids is 2. The third-order valence-corrected chi connectivity index (χ3v) is 11.1. The standard InChI is InChI=1S/C14H15FN2OS2.C6H3FN2OS.C6H5FO2S.C5H3FO2S/c1-17(13(18)8-12-9(15)6-7-19-12)14-16-10-4-2-3-5-11(10)20-14;7-4-1-2-11-6(4)5(10)3-9-8;7-4-1-2-10-5(4)3-6(8)9;6-3-1-2-9-4(3)5(7)8/h6-7H,2-5,8H2,1H3;1-3H;1-2H,3H2,(H,8,9);1-2H,(H,7,8). The summed E-state index contributed by atoms with van der Waals surface area (Å²) in [6.45, 7) is 0. The maximum Gasteiger partial charge on any atom is 0.348 e. The highest BCUT2D eigenvalue weighted by Gasteiger charge is 2.21. The van der Waals surface area contributed by atoms with Crippen molar-refractivity contribution in [3.8, 4) is 0 Å². The Bertz CT molecular complexity index is 1950. The molecule has 0 unspecified atom stereocenters. The summed E-state index contributed by atoms with van der Waals surface area (Å²) in [5, 5.41) is 23.3. The molecular formula is C31H26F4N4O6S5. The number of amides is 1. The van der Waals surface area contributed by atoms with Gasteiger partial charge in [-0.15, -0.1) is 56.7 Å². The number of aromatic carboxylic acids is 1. The number of likely N-dealkylation sites (N-methyl/N-ethyl adjacent to an activating group) is 1. The first-order valence-electron chi connectivity index (χ1n) is 14.1. The predicted molar refractivity (Wildman–Crippen MR) is 185 cm³/mol. The summed E-state index contributed by atoms with van der Waals surface area (Å²) in [5.41, 5.74) is 9.09. The Hall–Kier alpha value is -4.39. The summed E-state index contributed by atoms with van der Waals surface area (Å²) in [6.07, 6.45) is 4.99. The molecular weight excluding hydrogens is 761 g/mol. The molecule has 0 radical (unpaired) electrons. The fraction of sp³-hybridized carbons (Fsp3) is 0.226. The molecule has 1 aliphatic rings. The van der Waals surface area contributed by atoms with E-state index in [0.717, 1.165) is 63.7 Å². The van der Waals surface area contributed by atoms with Crippen LogP contribution in [0.5, 0.6) is 0 Å². The first kappa shape index (κ1) is 40.0. The van der Waals surface area contributed by atoms with E-state index in [-0.39, 0.29) is 39.2 Å². The van der Waals surface area contributed by atoms with Crippen LogP contribution in [0.1, 0.15) is 52.5 Å². The van der Waals surface area contributed by atoms with Gasteiger partial charge in [-0.1, -0.05) is 0 Å².